The summed E-state index contributed by atoms with van der Waals surface area (Å²) in [7, 11) is 0. The third-order valence-electron chi connectivity index (χ3n) is 2.89. The molecule has 0 amide bonds. The van der Waals surface area contributed by atoms with E-state index in [0.29, 0.717) is 16.2 Å². The van der Waals surface area contributed by atoms with E-state index in [9.17, 15) is 9.59 Å². The van der Waals surface area contributed by atoms with E-state index in [1.54, 1.807) is 24.3 Å². The normalized spacial score (nSPS) is 10.4. The van der Waals surface area contributed by atoms with E-state index in [0.717, 1.165) is 16.4 Å². The summed E-state index contributed by atoms with van der Waals surface area (Å²) in [5.41, 5.74) is 0.458. The molecule has 3 aromatic rings. The van der Waals surface area contributed by atoms with Crippen molar-refractivity contribution in [1.82, 2.24) is 0 Å². The van der Waals surface area contributed by atoms with E-state index >= 15 is 0 Å². The first-order chi connectivity index (χ1) is 9.79. The Morgan fingerprint density at radius 3 is 2.45 bits per heavy atom. The number of carbonyl (C=O) groups excluding carboxylic acids is 2. The van der Waals surface area contributed by atoms with Crippen molar-refractivity contribution in [3.63, 3.8) is 0 Å². The molecule has 0 spiro atoms. The molecule has 0 saturated carbocycles. The SMILES string of the molecule is O=Cc1sc2ccccc2c1OC(=O)c1ccccc1. The second kappa shape index (κ2) is 5.27. The van der Waals surface area contributed by atoms with Gasteiger partial charge in [-0.05, 0) is 24.3 Å². The first-order valence-electron chi connectivity index (χ1n) is 6.03. The number of carbonyl (C=O) groups is 2. The van der Waals surface area contributed by atoms with Crippen LogP contribution in [0.1, 0.15) is 20.0 Å². The van der Waals surface area contributed by atoms with Gasteiger partial charge in [-0.3, -0.25) is 4.79 Å². The molecular weight excluding hydrogens is 272 g/mol. The van der Waals surface area contributed by atoms with Gasteiger partial charge in [0.25, 0.3) is 0 Å². The van der Waals surface area contributed by atoms with Crippen LogP contribution >= 0.6 is 11.3 Å². The monoisotopic (exact) mass is 282 g/mol. The van der Waals surface area contributed by atoms with Gasteiger partial charge in [-0.25, -0.2) is 4.79 Å². The van der Waals surface area contributed by atoms with Crippen molar-refractivity contribution in [2.45, 2.75) is 0 Å². The van der Waals surface area contributed by atoms with Crippen molar-refractivity contribution in [1.29, 1.82) is 0 Å². The van der Waals surface area contributed by atoms with E-state index in [1.165, 1.54) is 11.3 Å². The fraction of sp³-hybridized carbons (Fsp3) is 0. The van der Waals surface area contributed by atoms with Crippen molar-refractivity contribution in [2.24, 2.45) is 0 Å². The Morgan fingerprint density at radius 2 is 1.70 bits per heavy atom. The van der Waals surface area contributed by atoms with Crippen LogP contribution in [-0.2, 0) is 0 Å². The first-order valence-corrected chi connectivity index (χ1v) is 6.85. The highest BCUT2D eigenvalue weighted by Gasteiger charge is 2.17. The van der Waals surface area contributed by atoms with Gasteiger partial charge < -0.3 is 4.74 Å². The van der Waals surface area contributed by atoms with Crippen molar-refractivity contribution in [2.75, 3.05) is 0 Å². The second-order valence-electron chi connectivity index (χ2n) is 4.16. The van der Waals surface area contributed by atoms with Crippen LogP contribution in [0.15, 0.2) is 54.6 Å². The molecule has 2 aromatic carbocycles. The molecule has 20 heavy (non-hydrogen) atoms. The molecule has 3 rings (SSSR count). The van der Waals surface area contributed by atoms with Crippen LogP contribution in [0.3, 0.4) is 0 Å². The molecule has 98 valence electrons. The summed E-state index contributed by atoms with van der Waals surface area (Å²) < 4.78 is 6.34. The maximum Gasteiger partial charge on any atom is 0.343 e. The molecule has 0 bridgehead atoms. The number of rotatable bonds is 3. The minimum absolute atomic E-state index is 0.342. The van der Waals surface area contributed by atoms with E-state index in [-0.39, 0.29) is 0 Å². The lowest BCUT2D eigenvalue weighted by atomic mass is 10.2. The zero-order chi connectivity index (χ0) is 13.9. The van der Waals surface area contributed by atoms with Crippen LogP contribution in [0.5, 0.6) is 5.75 Å². The predicted molar refractivity (Wildman–Crippen MR) is 78.6 cm³/mol. The number of aldehydes is 1. The highest BCUT2D eigenvalue weighted by Crippen LogP contribution is 2.36. The second-order valence-corrected chi connectivity index (χ2v) is 5.25. The Kier molecular flexibility index (Phi) is 3.31. The topological polar surface area (TPSA) is 43.4 Å². The summed E-state index contributed by atoms with van der Waals surface area (Å²) in [6, 6.07) is 16.2. The molecule has 0 aliphatic heterocycles. The number of thiophene rings is 1. The van der Waals surface area contributed by atoms with Gasteiger partial charge in [0.05, 0.1) is 5.56 Å². The molecule has 0 unspecified atom stereocenters. The Bertz CT molecular complexity index is 775. The highest BCUT2D eigenvalue weighted by atomic mass is 32.1. The molecule has 1 heterocycles. The molecule has 0 aliphatic rings. The van der Waals surface area contributed by atoms with Gasteiger partial charge in [0.15, 0.2) is 12.0 Å². The smallest absolute Gasteiger partial charge is 0.343 e. The Balaban J connectivity index is 2.02. The minimum atomic E-state index is -0.461. The zero-order valence-electron chi connectivity index (χ0n) is 10.4. The highest BCUT2D eigenvalue weighted by molar-refractivity contribution is 7.21. The molecule has 3 nitrogen and oxygen atoms in total. The number of benzene rings is 2. The summed E-state index contributed by atoms with van der Waals surface area (Å²) in [4.78, 5) is 23.7. The van der Waals surface area contributed by atoms with Crippen LogP contribution in [0.4, 0.5) is 0 Å². The molecule has 0 radical (unpaired) electrons. The summed E-state index contributed by atoms with van der Waals surface area (Å²) >= 11 is 1.32. The molecular formula is C16H10O3S. The van der Waals surface area contributed by atoms with Crippen molar-refractivity contribution >= 4 is 33.7 Å². The van der Waals surface area contributed by atoms with Crippen LogP contribution in [0.2, 0.25) is 0 Å². The predicted octanol–water partition coefficient (Wildman–Crippen LogP) is 3.93. The van der Waals surface area contributed by atoms with Gasteiger partial charge in [0.2, 0.25) is 0 Å². The largest absolute Gasteiger partial charge is 0.421 e. The molecule has 0 saturated heterocycles. The number of ether oxygens (including phenoxy) is 1. The maximum atomic E-state index is 12.1. The number of esters is 1. The van der Waals surface area contributed by atoms with Crippen molar-refractivity contribution < 1.29 is 14.3 Å². The van der Waals surface area contributed by atoms with E-state index in [1.807, 2.05) is 30.3 Å². The maximum absolute atomic E-state index is 12.1. The summed E-state index contributed by atoms with van der Waals surface area (Å²) in [5, 5.41) is 0.781. The molecule has 4 heteroatoms. The average molecular weight is 282 g/mol. The zero-order valence-corrected chi connectivity index (χ0v) is 11.2. The van der Waals surface area contributed by atoms with Gasteiger partial charge in [-0.2, -0.15) is 0 Å². The quantitative estimate of drug-likeness (QED) is 0.540. The van der Waals surface area contributed by atoms with Crippen molar-refractivity contribution in [3.8, 4) is 5.75 Å². The van der Waals surface area contributed by atoms with Crippen LogP contribution < -0.4 is 4.74 Å². The van der Waals surface area contributed by atoms with E-state index < -0.39 is 5.97 Å². The number of hydrogen-bond donors (Lipinski definition) is 0. The Hall–Kier alpha value is -2.46. The molecule has 0 atom stereocenters. The first kappa shape index (κ1) is 12.6. The van der Waals surface area contributed by atoms with E-state index in [4.69, 9.17) is 4.74 Å². The molecule has 1 aromatic heterocycles. The average Bonchev–Trinajstić information content (AvgIpc) is 2.86. The fourth-order valence-electron chi connectivity index (χ4n) is 1.95. The third kappa shape index (κ3) is 2.21. The standard InChI is InChI=1S/C16H10O3S/c17-10-14-15(12-8-4-5-9-13(12)20-14)19-16(18)11-6-2-1-3-7-11/h1-10H. The van der Waals surface area contributed by atoms with Crippen LogP contribution in [0.25, 0.3) is 10.1 Å². The molecule has 0 fully saturated rings. The van der Waals surface area contributed by atoms with Crippen molar-refractivity contribution in [3.05, 3.63) is 65.0 Å². The molecule has 0 aliphatic carbocycles. The third-order valence-corrected chi connectivity index (χ3v) is 3.96. The minimum Gasteiger partial charge on any atom is -0.421 e. The molecule has 0 N–H and O–H groups in total. The lowest BCUT2D eigenvalue weighted by Crippen LogP contribution is -2.08. The fourth-order valence-corrected chi connectivity index (χ4v) is 2.90. The van der Waals surface area contributed by atoms with Crippen LogP contribution in [0, 0.1) is 0 Å². The number of hydrogen-bond acceptors (Lipinski definition) is 4. The summed E-state index contributed by atoms with van der Waals surface area (Å²) in [6.45, 7) is 0. The van der Waals surface area contributed by atoms with Crippen LogP contribution in [-0.4, -0.2) is 12.3 Å². The lowest BCUT2D eigenvalue weighted by Gasteiger charge is -2.04. The van der Waals surface area contributed by atoms with Gasteiger partial charge in [0.1, 0.15) is 4.88 Å². The lowest BCUT2D eigenvalue weighted by molar-refractivity contribution is 0.0736. The summed E-state index contributed by atoms with van der Waals surface area (Å²) in [6.07, 6.45) is 0.721. The number of fused-ring (bicyclic) bond motifs is 1. The Labute approximate surface area is 119 Å². The van der Waals surface area contributed by atoms with Gasteiger partial charge in [0, 0.05) is 10.1 Å². The summed E-state index contributed by atoms with van der Waals surface area (Å²) in [5.74, 6) is -0.119. The van der Waals surface area contributed by atoms with Gasteiger partial charge in [-0.1, -0.05) is 30.3 Å². The Morgan fingerprint density at radius 1 is 1.00 bits per heavy atom. The van der Waals surface area contributed by atoms with E-state index in [2.05, 4.69) is 0 Å². The van der Waals surface area contributed by atoms with Gasteiger partial charge in [-0.15, -0.1) is 11.3 Å². The van der Waals surface area contributed by atoms with Gasteiger partial charge >= 0.3 is 5.97 Å².